The van der Waals surface area contributed by atoms with E-state index in [1.807, 2.05) is 0 Å². The van der Waals surface area contributed by atoms with Gasteiger partial charge in [0.2, 0.25) is 0 Å². The fourth-order valence-electron chi connectivity index (χ4n) is 2.47. The zero-order valence-electron chi connectivity index (χ0n) is 11.6. The summed E-state index contributed by atoms with van der Waals surface area (Å²) in [4.78, 5) is 2.47. The first-order chi connectivity index (χ1) is 8.60. The average Bonchev–Trinajstić information content (AvgIpc) is 2.81. The third-order valence-electron chi connectivity index (χ3n) is 3.98. The van der Waals surface area contributed by atoms with Crippen LogP contribution in [0.1, 0.15) is 45.3 Å². The average molecular weight is 270 g/mol. The second kappa shape index (κ2) is 6.07. The van der Waals surface area contributed by atoms with Crippen molar-refractivity contribution in [1.29, 1.82) is 0 Å². The largest absolute Gasteiger partial charge is 0.297 e. The molecule has 0 aliphatic carbocycles. The number of hydrogen-bond acceptors (Lipinski definition) is 2. The van der Waals surface area contributed by atoms with Crippen molar-refractivity contribution in [3.05, 3.63) is 18.0 Å². The van der Waals surface area contributed by atoms with Gasteiger partial charge in [-0.15, -0.1) is 11.6 Å². The van der Waals surface area contributed by atoms with Crippen LogP contribution in [-0.2, 0) is 6.54 Å². The second-order valence-corrected chi connectivity index (χ2v) is 6.12. The van der Waals surface area contributed by atoms with Crippen LogP contribution in [0.25, 0.3) is 0 Å². The number of halogens is 1. The van der Waals surface area contributed by atoms with Gasteiger partial charge in [-0.1, -0.05) is 13.8 Å². The molecular formula is C14H24ClN3. The van der Waals surface area contributed by atoms with Crippen LogP contribution in [-0.4, -0.2) is 33.1 Å². The summed E-state index contributed by atoms with van der Waals surface area (Å²) in [5.74, 6) is 0.581. The van der Waals surface area contributed by atoms with Crippen LogP contribution in [0.15, 0.2) is 12.3 Å². The van der Waals surface area contributed by atoms with Gasteiger partial charge < -0.3 is 0 Å². The lowest BCUT2D eigenvalue weighted by Crippen LogP contribution is -2.39. The summed E-state index contributed by atoms with van der Waals surface area (Å²) in [5.41, 5.74) is 1.18. The Bertz CT molecular complexity index is 377. The molecule has 0 radical (unpaired) electrons. The van der Waals surface area contributed by atoms with Gasteiger partial charge >= 0.3 is 0 Å². The highest BCUT2D eigenvalue weighted by Gasteiger charge is 2.24. The van der Waals surface area contributed by atoms with E-state index in [9.17, 15) is 0 Å². The first-order valence-electron chi connectivity index (χ1n) is 7.00. The predicted octanol–water partition coefficient (Wildman–Crippen LogP) is 3.30. The van der Waals surface area contributed by atoms with Gasteiger partial charge in [0, 0.05) is 30.7 Å². The van der Waals surface area contributed by atoms with Crippen LogP contribution in [0.3, 0.4) is 0 Å². The summed E-state index contributed by atoms with van der Waals surface area (Å²) in [6.07, 6.45) is 4.31. The zero-order valence-corrected chi connectivity index (χ0v) is 12.4. The van der Waals surface area contributed by atoms with Crippen molar-refractivity contribution >= 4 is 11.6 Å². The molecule has 1 fully saturated rings. The maximum absolute atomic E-state index is 6.25. The minimum Gasteiger partial charge on any atom is -0.297 e. The van der Waals surface area contributed by atoms with E-state index in [4.69, 9.17) is 11.6 Å². The smallest absolute Gasteiger partial charge is 0.0764 e. The van der Waals surface area contributed by atoms with Gasteiger partial charge in [0.25, 0.3) is 0 Å². The molecule has 102 valence electrons. The molecule has 0 saturated carbocycles. The van der Waals surface area contributed by atoms with E-state index in [-0.39, 0.29) is 0 Å². The van der Waals surface area contributed by atoms with Crippen molar-refractivity contribution in [1.82, 2.24) is 14.7 Å². The molecule has 3 atom stereocenters. The molecule has 1 aliphatic heterocycles. The van der Waals surface area contributed by atoms with E-state index in [1.165, 1.54) is 5.69 Å². The zero-order chi connectivity index (χ0) is 13.1. The summed E-state index contributed by atoms with van der Waals surface area (Å²) in [6, 6.07) is 2.63. The van der Waals surface area contributed by atoms with Crippen LogP contribution >= 0.6 is 11.6 Å². The summed E-state index contributed by atoms with van der Waals surface area (Å²) >= 11 is 6.25. The minimum absolute atomic E-state index is 0.346. The predicted molar refractivity (Wildman–Crippen MR) is 75.9 cm³/mol. The third-order valence-corrected chi connectivity index (χ3v) is 4.62. The Morgan fingerprint density at radius 2 is 2.33 bits per heavy atom. The van der Waals surface area contributed by atoms with Gasteiger partial charge in [-0.3, -0.25) is 9.58 Å². The standard InChI is InChI=1S/C14H24ClN3/c1-4-12(3)18-8-5-13(16-18)10-17-7-6-14(15)11(2)9-17/h5,8,11-12,14H,4,6-7,9-10H2,1-3H3. The van der Waals surface area contributed by atoms with Crippen molar-refractivity contribution < 1.29 is 0 Å². The molecule has 1 aliphatic rings. The lowest BCUT2D eigenvalue weighted by atomic mass is 9.99. The van der Waals surface area contributed by atoms with Crippen molar-refractivity contribution in [3.8, 4) is 0 Å². The van der Waals surface area contributed by atoms with Crippen molar-refractivity contribution in [2.75, 3.05) is 13.1 Å². The molecule has 4 heteroatoms. The normalized spacial score (nSPS) is 27.3. The maximum atomic E-state index is 6.25. The van der Waals surface area contributed by atoms with Gasteiger partial charge in [-0.25, -0.2) is 0 Å². The number of rotatable bonds is 4. The molecular weight excluding hydrogens is 246 g/mol. The summed E-state index contributed by atoms with van der Waals surface area (Å²) < 4.78 is 2.08. The number of alkyl halides is 1. The number of likely N-dealkylation sites (tertiary alicyclic amines) is 1. The van der Waals surface area contributed by atoms with E-state index < -0.39 is 0 Å². The Labute approximate surface area is 115 Å². The van der Waals surface area contributed by atoms with E-state index >= 15 is 0 Å². The SMILES string of the molecule is CCC(C)n1ccc(CN2CCC(Cl)C(C)C2)n1. The van der Waals surface area contributed by atoms with Gasteiger partial charge in [-0.2, -0.15) is 5.10 Å². The molecule has 1 saturated heterocycles. The fraction of sp³-hybridized carbons (Fsp3) is 0.786. The number of hydrogen-bond donors (Lipinski definition) is 0. The van der Waals surface area contributed by atoms with Gasteiger partial charge in [-0.05, 0) is 38.3 Å². The van der Waals surface area contributed by atoms with E-state index in [0.29, 0.717) is 17.3 Å². The highest BCUT2D eigenvalue weighted by atomic mass is 35.5. The Kier molecular flexibility index (Phi) is 4.68. The monoisotopic (exact) mass is 269 g/mol. The molecule has 0 N–H and O–H groups in total. The number of piperidine rings is 1. The first kappa shape index (κ1) is 13.9. The van der Waals surface area contributed by atoms with Gasteiger partial charge in [0.1, 0.15) is 0 Å². The van der Waals surface area contributed by atoms with Crippen LogP contribution < -0.4 is 0 Å². The van der Waals surface area contributed by atoms with Gasteiger partial charge in [0.05, 0.1) is 5.69 Å². The van der Waals surface area contributed by atoms with Crippen molar-refractivity contribution in [2.24, 2.45) is 5.92 Å². The van der Waals surface area contributed by atoms with E-state index in [2.05, 4.69) is 47.7 Å². The molecule has 2 heterocycles. The topological polar surface area (TPSA) is 21.1 Å². The molecule has 1 aromatic heterocycles. The molecule has 0 amide bonds. The van der Waals surface area contributed by atoms with Crippen molar-refractivity contribution in [3.63, 3.8) is 0 Å². The number of nitrogens with zero attached hydrogens (tertiary/aromatic N) is 3. The molecule has 3 nitrogen and oxygen atoms in total. The van der Waals surface area contributed by atoms with Crippen LogP contribution in [0.5, 0.6) is 0 Å². The Hall–Kier alpha value is -0.540. The quantitative estimate of drug-likeness (QED) is 0.782. The number of aromatic nitrogens is 2. The van der Waals surface area contributed by atoms with E-state index in [0.717, 1.165) is 32.5 Å². The summed E-state index contributed by atoms with van der Waals surface area (Å²) in [7, 11) is 0. The molecule has 0 bridgehead atoms. The molecule has 0 spiro atoms. The summed E-state index contributed by atoms with van der Waals surface area (Å²) in [6.45, 7) is 9.77. The highest BCUT2D eigenvalue weighted by molar-refractivity contribution is 6.20. The molecule has 3 unspecified atom stereocenters. The lowest BCUT2D eigenvalue weighted by molar-refractivity contribution is 0.177. The molecule has 0 aromatic carbocycles. The maximum Gasteiger partial charge on any atom is 0.0764 e. The van der Waals surface area contributed by atoms with Crippen LogP contribution in [0, 0.1) is 5.92 Å². The van der Waals surface area contributed by atoms with E-state index in [1.54, 1.807) is 0 Å². The fourth-order valence-corrected chi connectivity index (χ4v) is 2.65. The second-order valence-electron chi connectivity index (χ2n) is 5.56. The molecule has 2 rings (SSSR count). The Morgan fingerprint density at radius 3 is 3.00 bits per heavy atom. The Morgan fingerprint density at radius 1 is 1.56 bits per heavy atom. The van der Waals surface area contributed by atoms with Crippen LogP contribution in [0.4, 0.5) is 0 Å². The van der Waals surface area contributed by atoms with Gasteiger partial charge in [0.15, 0.2) is 0 Å². The van der Waals surface area contributed by atoms with Crippen LogP contribution in [0.2, 0.25) is 0 Å². The Balaban J connectivity index is 1.91. The van der Waals surface area contributed by atoms with Crippen molar-refractivity contribution in [2.45, 2.75) is 51.6 Å². The molecule has 18 heavy (non-hydrogen) atoms. The summed E-state index contributed by atoms with van der Waals surface area (Å²) in [5, 5.41) is 5.01. The highest BCUT2D eigenvalue weighted by Crippen LogP contribution is 2.22. The third kappa shape index (κ3) is 3.27. The first-order valence-corrected chi connectivity index (χ1v) is 7.44. The lowest BCUT2D eigenvalue weighted by Gasteiger charge is -2.33. The minimum atomic E-state index is 0.346. The molecule has 1 aromatic rings.